The molecule has 0 heterocycles. The molecule has 0 saturated heterocycles. The Morgan fingerprint density at radius 2 is 2.14 bits per heavy atom. The summed E-state index contributed by atoms with van der Waals surface area (Å²) in [6.45, 7) is 4.14. The topological polar surface area (TPSA) is 32.3 Å². The summed E-state index contributed by atoms with van der Waals surface area (Å²) >= 11 is 0. The number of aromatic hydroxyl groups is 1. The van der Waals surface area contributed by atoms with Gasteiger partial charge in [0.1, 0.15) is 5.75 Å². The number of aryl methyl sites for hydroxylation is 1. The lowest BCUT2D eigenvalue weighted by atomic mass is 10.1. The molecule has 2 nitrogen and oxygen atoms in total. The van der Waals surface area contributed by atoms with Crippen molar-refractivity contribution < 1.29 is 5.11 Å². The molecule has 2 rings (SSSR count). The fraction of sp³-hybridized carbons (Fsp3) is 0.500. The molecule has 2 N–H and O–H groups in total. The van der Waals surface area contributed by atoms with Gasteiger partial charge in [-0.05, 0) is 56.4 Å². The average molecular weight is 191 g/mol. The Bertz CT molecular complexity index is 331. The van der Waals surface area contributed by atoms with E-state index in [4.69, 9.17) is 0 Å². The van der Waals surface area contributed by atoms with Crippen LogP contribution < -0.4 is 5.32 Å². The fourth-order valence-corrected chi connectivity index (χ4v) is 1.72. The molecule has 0 aromatic heterocycles. The van der Waals surface area contributed by atoms with E-state index in [9.17, 15) is 5.11 Å². The van der Waals surface area contributed by atoms with Crippen LogP contribution in [0.3, 0.4) is 0 Å². The molecule has 0 bridgehead atoms. The van der Waals surface area contributed by atoms with Gasteiger partial charge in [0.05, 0.1) is 0 Å². The van der Waals surface area contributed by atoms with Gasteiger partial charge in [-0.25, -0.2) is 0 Å². The van der Waals surface area contributed by atoms with Gasteiger partial charge in [0.15, 0.2) is 0 Å². The first kappa shape index (κ1) is 9.38. The van der Waals surface area contributed by atoms with Crippen molar-refractivity contribution in [2.24, 2.45) is 5.92 Å². The number of hydrogen-bond donors (Lipinski definition) is 2. The largest absolute Gasteiger partial charge is 0.508 e. The zero-order valence-electron chi connectivity index (χ0n) is 8.75. The maximum atomic E-state index is 9.37. The Morgan fingerprint density at radius 1 is 1.43 bits per heavy atom. The van der Waals surface area contributed by atoms with E-state index in [2.05, 4.69) is 12.2 Å². The highest BCUT2D eigenvalue weighted by molar-refractivity contribution is 5.50. The van der Waals surface area contributed by atoms with Crippen molar-refractivity contribution in [3.8, 4) is 5.75 Å². The maximum absolute atomic E-state index is 9.37. The molecular formula is C12H17NO. The van der Waals surface area contributed by atoms with E-state index in [-0.39, 0.29) is 0 Å². The number of benzene rings is 1. The molecule has 76 valence electrons. The Morgan fingerprint density at radius 3 is 2.71 bits per heavy atom. The minimum atomic E-state index is 0.370. The van der Waals surface area contributed by atoms with Gasteiger partial charge in [-0.3, -0.25) is 0 Å². The van der Waals surface area contributed by atoms with Crippen LogP contribution in [0.1, 0.15) is 25.3 Å². The minimum Gasteiger partial charge on any atom is -0.508 e. The van der Waals surface area contributed by atoms with Crippen LogP contribution >= 0.6 is 0 Å². The van der Waals surface area contributed by atoms with Gasteiger partial charge in [0.25, 0.3) is 0 Å². The van der Waals surface area contributed by atoms with Gasteiger partial charge in [-0.1, -0.05) is 0 Å². The van der Waals surface area contributed by atoms with E-state index in [0.717, 1.165) is 17.2 Å². The molecule has 1 aromatic carbocycles. The first-order valence-corrected chi connectivity index (χ1v) is 5.23. The third-order valence-electron chi connectivity index (χ3n) is 2.92. The normalized spacial score (nSPS) is 17.9. The molecule has 1 fully saturated rings. The number of phenols is 1. The first-order chi connectivity index (χ1) is 6.66. The Labute approximate surface area is 85.0 Å². The van der Waals surface area contributed by atoms with Gasteiger partial charge < -0.3 is 10.4 Å². The molecule has 1 aliphatic carbocycles. The van der Waals surface area contributed by atoms with Crippen molar-refractivity contribution in [1.82, 2.24) is 0 Å². The maximum Gasteiger partial charge on any atom is 0.118 e. The molecule has 1 atom stereocenters. The highest BCUT2D eigenvalue weighted by Crippen LogP contribution is 2.34. The van der Waals surface area contributed by atoms with E-state index >= 15 is 0 Å². The molecule has 0 amide bonds. The third-order valence-corrected chi connectivity index (χ3v) is 2.92. The highest BCUT2D eigenvalue weighted by Gasteiger charge is 2.27. The van der Waals surface area contributed by atoms with Gasteiger partial charge in [0.2, 0.25) is 0 Å². The van der Waals surface area contributed by atoms with Crippen LogP contribution in [0.4, 0.5) is 5.69 Å². The summed E-state index contributed by atoms with van der Waals surface area (Å²) < 4.78 is 0. The van der Waals surface area contributed by atoms with Crippen molar-refractivity contribution >= 4 is 5.69 Å². The van der Waals surface area contributed by atoms with Crippen molar-refractivity contribution in [2.45, 2.75) is 32.7 Å². The molecule has 1 aliphatic rings. The molecule has 1 aromatic rings. The van der Waals surface area contributed by atoms with E-state index in [1.54, 1.807) is 6.07 Å². The summed E-state index contributed by atoms with van der Waals surface area (Å²) in [7, 11) is 0. The zero-order valence-corrected chi connectivity index (χ0v) is 8.75. The van der Waals surface area contributed by atoms with Gasteiger partial charge in [-0.15, -0.1) is 0 Å². The van der Waals surface area contributed by atoms with E-state index in [1.165, 1.54) is 12.8 Å². The summed E-state index contributed by atoms with van der Waals surface area (Å²) in [5.41, 5.74) is 2.04. The van der Waals surface area contributed by atoms with Crippen LogP contribution in [0, 0.1) is 12.8 Å². The molecule has 0 spiro atoms. The van der Waals surface area contributed by atoms with Gasteiger partial charge in [-0.2, -0.15) is 0 Å². The smallest absolute Gasteiger partial charge is 0.118 e. The van der Waals surface area contributed by atoms with Gasteiger partial charge in [0, 0.05) is 11.7 Å². The Hall–Kier alpha value is -1.18. The standard InChI is InChI=1S/C12H17NO/c1-8-7-11(5-6-12(8)14)13-9(2)10-3-4-10/h5-7,9-10,13-14H,3-4H2,1-2H3. The van der Waals surface area contributed by atoms with Gasteiger partial charge >= 0.3 is 0 Å². The first-order valence-electron chi connectivity index (χ1n) is 5.23. The molecule has 1 saturated carbocycles. The van der Waals surface area contributed by atoms with Crippen LogP contribution in [0.25, 0.3) is 0 Å². The monoisotopic (exact) mass is 191 g/mol. The molecule has 0 aliphatic heterocycles. The molecule has 2 heteroatoms. The predicted molar refractivity (Wildman–Crippen MR) is 58.7 cm³/mol. The third kappa shape index (κ3) is 2.00. The zero-order chi connectivity index (χ0) is 10.1. The van der Waals surface area contributed by atoms with Crippen LogP contribution in [0.15, 0.2) is 18.2 Å². The van der Waals surface area contributed by atoms with E-state index in [0.29, 0.717) is 11.8 Å². The predicted octanol–water partition coefficient (Wildman–Crippen LogP) is 2.91. The molecule has 1 unspecified atom stereocenters. The second-order valence-corrected chi connectivity index (χ2v) is 4.27. The van der Waals surface area contributed by atoms with Crippen LogP contribution in [-0.4, -0.2) is 11.1 Å². The lowest BCUT2D eigenvalue weighted by Crippen LogP contribution is -2.17. The van der Waals surface area contributed by atoms with Crippen molar-refractivity contribution in [3.63, 3.8) is 0 Å². The number of phenolic OH excluding ortho intramolecular Hbond substituents is 1. The van der Waals surface area contributed by atoms with Crippen LogP contribution in [0.5, 0.6) is 5.75 Å². The second kappa shape index (κ2) is 3.52. The van der Waals surface area contributed by atoms with E-state index in [1.807, 2.05) is 19.1 Å². The number of hydrogen-bond acceptors (Lipinski definition) is 2. The minimum absolute atomic E-state index is 0.370. The summed E-state index contributed by atoms with van der Waals surface area (Å²) in [6, 6.07) is 6.23. The fourth-order valence-electron chi connectivity index (χ4n) is 1.72. The lowest BCUT2D eigenvalue weighted by molar-refractivity contribution is 0.471. The van der Waals surface area contributed by atoms with Crippen LogP contribution in [0.2, 0.25) is 0 Å². The quantitative estimate of drug-likeness (QED) is 0.720. The number of anilines is 1. The van der Waals surface area contributed by atoms with Crippen molar-refractivity contribution in [3.05, 3.63) is 23.8 Å². The lowest BCUT2D eigenvalue weighted by Gasteiger charge is -2.14. The Balaban J connectivity index is 2.04. The SMILES string of the molecule is Cc1cc(NC(C)C2CC2)ccc1O. The summed E-state index contributed by atoms with van der Waals surface area (Å²) in [5, 5.41) is 12.8. The Kier molecular flexibility index (Phi) is 2.36. The summed E-state index contributed by atoms with van der Waals surface area (Å²) in [5.74, 6) is 1.22. The van der Waals surface area contributed by atoms with Crippen molar-refractivity contribution in [2.75, 3.05) is 5.32 Å². The summed E-state index contributed by atoms with van der Waals surface area (Å²) in [4.78, 5) is 0. The molecule has 14 heavy (non-hydrogen) atoms. The second-order valence-electron chi connectivity index (χ2n) is 4.27. The van der Waals surface area contributed by atoms with E-state index < -0.39 is 0 Å². The molecular weight excluding hydrogens is 174 g/mol. The molecule has 0 radical (unpaired) electrons. The average Bonchev–Trinajstić information content (AvgIpc) is 2.94. The van der Waals surface area contributed by atoms with Crippen LogP contribution in [-0.2, 0) is 0 Å². The van der Waals surface area contributed by atoms with Crippen molar-refractivity contribution in [1.29, 1.82) is 0 Å². The number of nitrogens with one attached hydrogen (secondary N) is 1. The highest BCUT2D eigenvalue weighted by atomic mass is 16.3. The number of rotatable bonds is 3. The summed E-state index contributed by atoms with van der Waals surface area (Å²) in [6.07, 6.45) is 2.70.